The first-order valence-corrected chi connectivity index (χ1v) is 14.1. The first-order chi connectivity index (χ1) is 14.7. The molecule has 2 N–H and O–H groups in total. The first-order valence-electron chi connectivity index (χ1n) is 11.4. The van der Waals surface area contributed by atoms with Crippen molar-refractivity contribution >= 4 is 30.5 Å². The maximum atomic E-state index is 13.5. The number of amides is 2. The Bertz CT molecular complexity index is 894. The van der Waals surface area contributed by atoms with Crippen LogP contribution in [-0.4, -0.2) is 36.0 Å². The van der Waals surface area contributed by atoms with E-state index in [1.54, 1.807) is 0 Å². The van der Waals surface area contributed by atoms with E-state index >= 15 is 0 Å². The fraction of sp³-hybridized carbons (Fsp3) is 0.462. The third-order valence-corrected chi connectivity index (χ3v) is 12.9. The summed E-state index contributed by atoms with van der Waals surface area (Å²) >= 11 is 0. The molecule has 0 bridgehead atoms. The molecule has 0 aliphatic rings. The van der Waals surface area contributed by atoms with Gasteiger partial charge in [-0.1, -0.05) is 0 Å². The van der Waals surface area contributed by atoms with E-state index in [0.29, 0.717) is 6.16 Å². The van der Waals surface area contributed by atoms with Crippen molar-refractivity contribution in [3.8, 4) is 0 Å². The van der Waals surface area contributed by atoms with Gasteiger partial charge in [0.1, 0.15) is 0 Å². The molecule has 4 nitrogen and oxygen atoms in total. The van der Waals surface area contributed by atoms with Gasteiger partial charge in [-0.25, -0.2) is 0 Å². The quantitative estimate of drug-likeness (QED) is 0.463. The molecule has 0 aliphatic heterocycles. The maximum absolute atomic E-state index is 13.5. The molecular formula is C26H39N2O2P. The van der Waals surface area contributed by atoms with Crippen molar-refractivity contribution in [2.45, 2.75) is 60.5 Å². The molecule has 0 heterocycles. The number of hydrogen-bond acceptors (Lipinski definition) is 2. The van der Waals surface area contributed by atoms with E-state index in [0.717, 1.165) is 52.4 Å². The van der Waals surface area contributed by atoms with Crippen LogP contribution in [0.25, 0.3) is 0 Å². The molecule has 5 heteroatoms. The standard InChI is InChI=1S/C26H39N2O2P/c1-8-22(26(30)28-25-20(6)15-12-16-21(25)7)31(9-2,10-3)17-23(29)27-24-18(4)13-11-14-19(24)5/h11-16,22,31H,8-10,17H2,1-7H3,(H,27,29)(H,28,30). The van der Waals surface area contributed by atoms with Gasteiger partial charge >= 0.3 is 188 Å². The molecule has 0 saturated carbocycles. The fourth-order valence-corrected chi connectivity index (χ4v) is 9.20. The third kappa shape index (κ3) is 5.74. The van der Waals surface area contributed by atoms with Crippen LogP contribution in [0.3, 0.4) is 0 Å². The van der Waals surface area contributed by atoms with E-state index in [1.807, 2.05) is 64.1 Å². The Balaban J connectivity index is 2.27. The number of nitrogens with one attached hydrogen (secondary N) is 2. The minimum absolute atomic E-state index is 0.0334. The summed E-state index contributed by atoms with van der Waals surface area (Å²) in [5.74, 6) is 0.0984. The first kappa shape index (κ1) is 25.1. The molecule has 31 heavy (non-hydrogen) atoms. The Morgan fingerprint density at radius 2 is 1.19 bits per heavy atom. The number of para-hydroxylation sites is 2. The third-order valence-electron chi connectivity index (χ3n) is 6.86. The molecule has 2 amide bonds. The van der Waals surface area contributed by atoms with Crippen molar-refractivity contribution < 1.29 is 9.59 Å². The molecular weight excluding hydrogens is 403 g/mol. The molecule has 2 aromatic rings. The zero-order valence-electron chi connectivity index (χ0n) is 20.2. The van der Waals surface area contributed by atoms with E-state index in [-0.39, 0.29) is 17.5 Å². The second-order valence-electron chi connectivity index (χ2n) is 8.78. The predicted octanol–water partition coefficient (Wildman–Crippen LogP) is 6.07. The Morgan fingerprint density at radius 1 is 0.774 bits per heavy atom. The summed E-state index contributed by atoms with van der Waals surface area (Å²) in [6.45, 7) is 14.4. The van der Waals surface area contributed by atoms with Gasteiger partial charge in [0.05, 0.1) is 0 Å². The molecule has 2 rings (SSSR count). The van der Waals surface area contributed by atoms with Crippen LogP contribution in [0.4, 0.5) is 11.4 Å². The number of hydrogen-bond donors (Lipinski definition) is 2. The fourth-order valence-electron chi connectivity index (χ4n) is 4.75. The van der Waals surface area contributed by atoms with E-state index in [1.165, 1.54) is 0 Å². The van der Waals surface area contributed by atoms with E-state index in [2.05, 4.69) is 31.4 Å². The molecule has 170 valence electrons. The number of benzene rings is 2. The van der Waals surface area contributed by atoms with Gasteiger partial charge in [-0.2, -0.15) is 0 Å². The number of carbonyl (C=O) groups excluding carboxylic acids is 2. The number of carbonyl (C=O) groups is 2. The molecule has 1 atom stereocenters. The second-order valence-corrected chi connectivity index (χ2v) is 14.0. The van der Waals surface area contributed by atoms with Crippen LogP contribution in [0.15, 0.2) is 36.4 Å². The van der Waals surface area contributed by atoms with Gasteiger partial charge in [-0.05, 0) is 0 Å². The molecule has 1 unspecified atom stereocenters. The summed E-state index contributed by atoms with van der Waals surface area (Å²) < 4.78 is 0. The second kappa shape index (κ2) is 10.9. The van der Waals surface area contributed by atoms with Crippen LogP contribution in [0.2, 0.25) is 0 Å². The average molecular weight is 443 g/mol. The van der Waals surface area contributed by atoms with Crippen LogP contribution in [0, 0.1) is 27.7 Å². The number of rotatable bonds is 9. The van der Waals surface area contributed by atoms with Crippen molar-refractivity contribution in [1.29, 1.82) is 0 Å². The Labute approximate surface area is 188 Å². The van der Waals surface area contributed by atoms with Crippen molar-refractivity contribution in [2.24, 2.45) is 0 Å². The molecule has 2 aromatic carbocycles. The molecule has 0 radical (unpaired) electrons. The molecule has 0 saturated heterocycles. The Kier molecular flexibility index (Phi) is 8.82. The molecule has 0 spiro atoms. The average Bonchev–Trinajstić information content (AvgIpc) is 2.73. The summed E-state index contributed by atoms with van der Waals surface area (Å²) in [4.78, 5) is 26.6. The summed E-state index contributed by atoms with van der Waals surface area (Å²) in [6.07, 6.45) is 3.03. The number of aryl methyl sites for hydroxylation is 4. The van der Waals surface area contributed by atoms with Crippen LogP contribution < -0.4 is 10.6 Å². The van der Waals surface area contributed by atoms with Crippen LogP contribution >= 0.6 is 7.26 Å². The van der Waals surface area contributed by atoms with E-state index < -0.39 is 7.26 Å². The monoisotopic (exact) mass is 442 g/mol. The Morgan fingerprint density at radius 3 is 1.58 bits per heavy atom. The normalized spacial score (nSPS) is 12.9. The summed E-state index contributed by atoms with van der Waals surface area (Å²) in [6, 6.07) is 12.1. The van der Waals surface area contributed by atoms with Gasteiger partial charge < -0.3 is 0 Å². The zero-order valence-corrected chi connectivity index (χ0v) is 21.2. The summed E-state index contributed by atoms with van der Waals surface area (Å²) in [7, 11) is -2.20. The van der Waals surface area contributed by atoms with Gasteiger partial charge in [-0.15, -0.1) is 0 Å². The summed E-state index contributed by atoms with van der Waals surface area (Å²) in [5, 5.41) is 6.36. The summed E-state index contributed by atoms with van der Waals surface area (Å²) in [5.41, 5.74) is 5.95. The molecule has 0 aliphatic carbocycles. The van der Waals surface area contributed by atoms with Crippen molar-refractivity contribution in [2.75, 3.05) is 29.1 Å². The van der Waals surface area contributed by atoms with Crippen molar-refractivity contribution in [3.05, 3.63) is 58.7 Å². The van der Waals surface area contributed by atoms with Gasteiger partial charge in [0.15, 0.2) is 0 Å². The Hall–Kier alpha value is -2.19. The van der Waals surface area contributed by atoms with E-state index in [4.69, 9.17) is 0 Å². The van der Waals surface area contributed by atoms with Gasteiger partial charge in [-0.3, -0.25) is 0 Å². The minimum atomic E-state index is -2.20. The van der Waals surface area contributed by atoms with E-state index in [9.17, 15) is 9.59 Å². The molecule has 0 fully saturated rings. The van der Waals surface area contributed by atoms with Crippen LogP contribution in [0.5, 0.6) is 0 Å². The van der Waals surface area contributed by atoms with Crippen LogP contribution in [-0.2, 0) is 9.59 Å². The van der Waals surface area contributed by atoms with Crippen molar-refractivity contribution in [1.82, 2.24) is 0 Å². The topological polar surface area (TPSA) is 58.2 Å². The molecule has 0 aromatic heterocycles. The predicted molar refractivity (Wildman–Crippen MR) is 137 cm³/mol. The van der Waals surface area contributed by atoms with Gasteiger partial charge in [0.25, 0.3) is 0 Å². The SMILES string of the molecule is CCC(C(=O)Nc1c(C)cccc1C)[PH](CC)(CC)CC(=O)Nc1c(C)cccc1C. The van der Waals surface area contributed by atoms with Crippen LogP contribution in [0.1, 0.15) is 49.4 Å². The van der Waals surface area contributed by atoms with Gasteiger partial charge in [0, 0.05) is 0 Å². The number of anilines is 2. The van der Waals surface area contributed by atoms with Crippen molar-refractivity contribution in [3.63, 3.8) is 0 Å². The van der Waals surface area contributed by atoms with Gasteiger partial charge in [0.2, 0.25) is 0 Å². The zero-order chi connectivity index (χ0) is 23.2.